The fraction of sp³-hybridized carbons (Fsp3) is 0.909. The number of carbonyl (C=O) groups is 1. The third kappa shape index (κ3) is 3.36. The van der Waals surface area contributed by atoms with Gasteiger partial charge >= 0.3 is 6.09 Å². The van der Waals surface area contributed by atoms with Gasteiger partial charge < -0.3 is 9.64 Å². The van der Waals surface area contributed by atoms with E-state index in [9.17, 15) is 9.18 Å². The van der Waals surface area contributed by atoms with E-state index in [1.807, 2.05) is 27.7 Å². The Morgan fingerprint density at radius 2 is 2.13 bits per heavy atom. The Kier molecular flexibility index (Phi) is 3.58. The minimum Gasteiger partial charge on any atom is -0.444 e. The summed E-state index contributed by atoms with van der Waals surface area (Å²) in [6.45, 7) is 7.58. The van der Waals surface area contributed by atoms with Gasteiger partial charge in [0, 0.05) is 6.54 Å². The van der Waals surface area contributed by atoms with Gasteiger partial charge in [-0.05, 0) is 33.1 Å². The van der Waals surface area contributed by atoms with E-state index in [1.54, 1.807) is 0 Å². The summed E-state index contributed by atoms with van der Waals surface area (Å²) in [4.78, 5) is 13.2. The summed E-state index contributed by atoms with van der Waals surface area (Å²) in [5.74, 6) is 0.360. The third-order valence-corrected chi connectivity index (χ3v) is 2.43. The normalized spacial score (nSPS) is 26.9. The van der Waals surface area contributed by atoms with Crippen LogP contribution in [-0.2, 0) is 4.74 Å². The van der Waals surface area contributed by atoms with Crippen LogP contribution in [0.4, 0.5) is 9.18 Å². The lowest BCUT2D eigenvalue weighted by Gasteiger charge is -2.27. The first-order valence-electron chi connectivity index (χ1n) is 5.39. The highest BCUT2D eigenvalue weighted by Crippen LogP contribution is 2.25. The highest BCUT2D eigenvalue weighted by Gasteiger charge is 2.35. The summed E-state index contributed by atoms with van der Waals surface area (Å²) < 4.78 is 17.9. The van der Waals surface area contributed by atoms with E-state index in [1.165, 1.54) is 4.90 Å². The highest BCUT2D eigenvalue weighted by molar-refractivity contribution is 5.69. The van der Waals surface area contributed by atoms with Gasteiger partial charge in [-0.2, -0.15) is 0 Å². The fourth-order valence-corrected chi connectivity index (χ4v) is 1.84. The zero-order chi connectivity index (χ0) is 11.6. The predicted molar refractivity (Wildman–Crippen MR) is 56.5 cm³/mol. The lowest BCUT2D eigenvalue weighted by molar-refractivity contribution is 0.0204. The molecule has 1 amide bonds. The highest BCUT2D eigenvalue weighted by atomic mass is 19.1. The lowest BCUT2D eigenvalue weighted by Crippen LogP contribution is -2.40. The van der Waals surface area contributed by atoms with Crippen LogP contribution in [0.15, 0.2) is 0 Å². The molecule has 0 radical (unpaired) electrons. The molecule has 0 saturated carbocycles. The Labute approximate surface area is 90.6 Å². The molecule has 1 aliphatic heterocycles. The van der Waals surface area contributed by atoms with Gasteiger partial charge in [-0.1, -0.05) is 6.92 Å². The standard InChI is InChI=1S/C11H20FNO2/c1-8-5-9(6-12)13(7-8)10(14)15-11(2,3)4/h8-9H,5-7H2,1-4H3. The van der Waals surface area contributed by atoms with E-state index in [0.717, 1.165) is 6.42 Å². The van der Waals surface area contributed by atoms with Crippen molar-refractivity contribution in [2.24, 2.45) is 5.92 Å². The first kappa shape index (κ1) is 12.3. The van der Waals surface area contributed by atoms with E-state index in [4.69, 9.17) is 4.74 Å². The zero-order valence-electron chi connectivity index (χ0n) is 9.92. The Balaban J connectivity index is 2.59. The second-order valence-corrected chi connectivity index (χ2v) is 5.28. The van der Waals surface area contributed by atoms with Gasteiger partial charge in [-0.25, -0.2) is 9.18 Å². The first-order chi connectivity index (χ1) is 6.83. The maximum Gasteiger partial charge on any atom is 0.410 e. The van der Waals surface area contributed by atoms with E-state index in [-0.39, 0.29) is 6.04 Å². The van der Waals surface area contributed by atoms with Gasteiger partial charge in [-0.3, -0.25) is 0 Å². The number of nitrogens with zero attached hydrogens (tertiary/aromatic N) is 1. The van der Waals surface area contributed by atoms with Crippen LogP contribution in [0, 0.1) is 5.92 Å². The van der Waals surface area contributed by atoms with Crippen molar-refractivity contribution in [3.8, 4) is 0 Å². The molecule has 0 aliphatic carbocycles. The quantitative estimate of drug-likeness (QED) is 0.675. The first-order valence-corrected chi connectivity index (χ1v) is 5.39. The number of hydrogen-bond acceptors (Lipinski definition) is 2. The molecule has 0 N–H and O–H groups in total. The molecule has 0 aromatic heterocycles. The molecule has 15 heavy (non-hydrogen) atoms. The molecule has 1 aliphatic rings. The predicted octanol–water partition coefficient (Wildman–Crippen LogP) is 2.60. The van der Waals surface area contributed by atoms with E-state index < -0.39 is 18.4 Å². The molecular weight excluding hydrogens is 197 g/mol. The van der Waals surface area contributed by atoms with Crippen molar-refractivity contribution in [2.45, 2.75) is 45.8 Å². The molecule has 2 atom stereocenters. The largest absolute Gasteiger partial charge is 0.444 e. The molecule has 2 unspecified atom stereocenters. The molecule has 0 aromatic rings. The van der Waals surface area contributed by atoms with E-state index in [0.29, 0.717) is 12.5 Å². The van der Waals surface area contributed by atoms with Crippen molar-refractivity contribution < 1.29 is 13.9 Å². The summed E-state index contributed by atoms with van der Waals surface area (Å²) in [5.41, 5.74) is -0.510. The van der Waals surface area contributed by atoms with Crippen LogP contribution in [0.25, 0.3) is 0 Å². The average molecular weight is 217 g/mol. The Hall–Kier alpha value is -0.800. The molecular formula is C11H20FNO2. The van der Waals surface area contributed by atoms with Gasteiger partial charge in [0.1, 0.15) is 12.3 Å². The third-order valence-electron chi connectivity index (χ3n) is 2.43. The molecule has 3 nitrogen and oxygen atoms in total. The Bertz CT molecular complexity index is 237. The van der Waals surface area contributed by atoms with Crippen molar-refractivity contribution >= 4 is 6.09 Å². The lowest BCUT2D eigenvalue weighted by atomic mass is 10.1. The van der Waals surface area contributed by atoms with Crippen molar-refractivity contribution in [3.63, 3.8) is 0 Å². The molecule has 0 spiro atoms. The molecule has 1 rings (SSSR count). The molecule has 1 heterocycles. The van der Waals surface area contributed by atoms with Gasteiger partial charge in [0.2, 0.25) is 0 Å². The Morgan fingerprint density at radius 3 is 2.60 bits per heavy atom. The van der Waals surface area contributed by atoms with Gasteiger partial charge in [0.05, 0.1) is 6.04 Å². The summed E-state index contributed by atoms with van der Waals surface area (Å²) in [7, 11) is 0. The zero-order valence-corrected chi connectivity index (χ0v) is 9.92. The van der Waals surface area contributed by atoms with Crippen LogP contribution in [0.3, 0.4) is 0 Å². The summed E-state index contributed by atoms with van der Waals surface area (Å²) in [6.07, 6.45) is 0.338. The van der Waals surface area contributed by atoms with Crippen LogP contribution in [0.1, 0.15) is 34.1 Å². The molecule has 1 fully saturated rings. The minimum absolute atomic E-state index is 0.296. The summed E-state index contributed by atoms with van der Waals surface area (Å²) in [6, 6.07) is -0.296. The van der Waals surface area contributed by atoms with Crippen LogP contribution in [0.5, 0.6) is 0 Å². The van der Waals surface area contributed by atoms with Crippen molar-refractivity contribution in [3.05, 3.63) is 0 Å². The SMILES string of the molecule is CC1CC(CF)N(C(=O)OC(C)(C)C)C1. The number of hydrogen-bond donors (Lipinski definition) is 0. The molecule has 88 valence electrons. The van der Waals surface area contributed by atoms with Crippen molar-refractivity contribution in [1.82, 2.24) is 4.90 Å². The Morgan fingerprint density at radius 1 is 1.53 bits per heavy atom. The molecule has 0 bridgehead atoms. The smallest absolute Gasteiger partial charge is 0.410 e. The average Bonchev–Trinajstić information content (AvgIpc) is 2.43. The van der Waals surface area contributed by atoms with Crippen LogP contribution < -0.4 is 0 Å². The number of amides is 1. The van der Waals surface area contributed by atoms with Crippen LogP contribution >= 0.6 is 0 Å². The van der Waals surface area contributed by atoms with E-state index >= 15 is 0 Å². The van der Waals surface area contributed by atoms with Crippen molar-refractivity contribution in [2.75, 3.05) is 13.2 Å². The maximum absolute atomic E-state index is 12.7. The molecule has 1 saturated heterocycles. The number of alkyl halides is 1. The number of carbonyl (C=O) groups excluding carboxylic acids is 1. The summed E-state index contributed by atoms with van der Waals surface area (Å²) in [5, 5.41) is 0. The number of ether oxygens (including phenoxy) is 1. The fourth-order valence-electron chi connectivity index (χ4n) is 1.84. The van der Waals surface area contributed by atoms with Crippen LogP contribution in [0.2, 0.25) is 0 Å². The topological polar surface area (TPSA) is 29.5 Å². The second-order valence-electron chi connectivity index (χ2n) is 5.28. The van der Waals surface area contributed by atoms with Gasteiger partial charge in [0.25, 0.3) is 0 Å². The maximum atomic E-state index is 12.7. The minimum atomic E-state index is -0.510. The second kappa shape index (κ2) is 4.37. The summed E-state index contributed by atoms with van der Waals surface area (Å²) >= 11 is 0. The number of rotatable bonds is 1. The molecule has 4 heteroatoms. The molecule has 0 aromatic carbocycles. The monoisotopic (exact) mass is 217 g/mol. The van der Waals surface area contributed by atoms with Gasteiger partial charge in [0.15, 0.2) is 0 Å². The van der Waals surface area contributed by atoms with E-state index in [2.05, 4.69) is 0 Å². The van der Waals surface area contributed by atoms with Crippen molar-refractivity contribution in [1.29, 1.82) is 0 Å². The van der Waals surface area contributed by atoms with Gasteiger partial charge in [-0.15, -0.1) is 0 Å². The van der Waals surface area contributed by atoms with Crippen LogP contribution in [-0.4, -0.2) is 35.9 Å². The number of likely N-dealkylation sites (tertiary alicyclic amines) is 1. The number of halogens is 1.